The molecule has 0 saturated carbocycles. The third-order valence-electron chi connectivity index (χ3n) is 4.85. The molecular formula is C25H23N3O4. The number of H-pyrrole nitrogens is 1. The van der Waals surface area contributed by atoms with Crippen LogP contribution in [0.3, 0.4) is 0 Å². The Morgan fingerprint density at radius 2 is 1.97 bits per heavy atom. The number of benzene rings is 1. The van der Waals surface area contributed by atoms with E-state index in [-0.39, 0.29) is 17.9 Å². The molecule has 7 nitrogen and oxygen atoms in total. The van der Waals surface area contributed by atoms with Crippen LogP contribution < -0.4 is 4.74 Å². The molecule has 0 bridgehead atoms. The van der Waals surface area contributed by atoms with E-state index in [1.54, 1.807) is 51.4 Å². The van der Waals surface area contributed by atoms with E-state index in [2.05, 4.69) is 9.97 Å². The number of nitriles is 1. The normalized spacial score (nSPS) is 11.0. The van der Waals surface area contributed by atoms with E-state index in [1.807, 2.05) is 24.3 Å². The van der Waals surface area contributed by atoms with Crippen LogP contribution in [0.25, 0.3) is 6.08 Å². The molecule has 32 heavy (non-hydrogen) atoms. The lowest BCUT2D eigenvalue weighted by molar-refractivity contribution is 0.0525. The number of aryl methyl sites for hydroxylation is 1. The summed E-state index contributed by atoms with van der Waals surface area (Å²) in [5, 5.41) is 9.68. The zero-order valence-electron chi connectivity index (χ0n) is 18.1. The number of carbonyl (C=O) groups is 2. The number of aromatic nitrogens is 2. The molecule has 7 heteroatoms. The zero-order valence-corrected chi connectivity index (χ0v) is 18.1. The number of pyridine rings is 1. The van der Waals surface area contributed by atoms with E-state index in [1.165, 1.54) is 6.08 Å². The molecule has 0 aliphatic heterocycles. The summed E-state index contributed by atoms with van der Waals surface area (Å²) in [6, 6.07) is 12.8. The Hall–Kier alpha value is -4.18. The van der Waals surface area contributed by atoms with Crippen LogP contribution >= 0.6 is 0 Å². The van der Waals surface area contributed by atoms with Gasteiger partial charge >= 0.3 is 5.97 Å². The minimum atomic E-state index is -0.509. The Morgan fingerprint density at radius 3 is 2.66 bits per heavy atom. The van der Waals surface area contributed by atoms with E-state index in [0.717, 1.165) is 5.56 Å². The SMILES string of the molecule is CCOC(=O)c1c(C)[nH]c(C(=O)/C(C#N)=C/c2ccccc2OCc2cccnc2)c1C. The number of carbonyl (C=O) groups excluding carboxylic acids is 2. The fourth-order valence-electron chi connectivity index (χ4n) is 3.30. The van der Waals surface area contributed by atoms with E-state index < -0.39 is 11.8 Å². The Kier molecular flexibility index (Phi) is 7.19. The molecule has 0 fully saturated rings. The molecular weight excluding hydrogens is 406 g/mol. The number of para-hydroxylation sites is 1. The van der Waals surface area contributed by atoms with E-state index in [9.17, 15) is 14.9 Å². The van der Waals surface area contributed by atoms with Gasteiger partial charge in [-0.25, -0.2) is 4.79 Å². The van der Waals surface area contributed by atoms with Crippen molar-refractivity contribution in [3.05, 3.63) is 88.0 Å². The van der Waals surface area contributed by atoms with Gasteiger partial charge in [-0.1, -0.05) is 24.3 Å². The molecule has 3 aromatic rings. The maximum atomic E-state index is 13.1. The number of allylic oxidation sites excluding steroid dienone is 1. The van der Waals surface area contributed by atoms with Crippen molar-refractivity contribution in [2.75, 3.05) is 6.61 Å². The van der Waals surface area contributed by atoms with Crippen LogP contribution in [0.1, 0.15) is 50.2 Å². The first-order chi connectivity index (χ1) is 15.5. The summed E-state index contributed by atoms with van der Waals surface area (Å²) in [7, 11) is 0. The van der Waals surface area contributed by atoms with Gasteiger partial charge in [0, 0.05) is 29.2 Å². The van der Waals surface area contributed by atoms with Gasteiger partial charge in [-0.05, 0) is 44.5 Å². The maximum absolute atomic E-state index is 13.1. The number of ketones is 1. The van der Waals surface area contributed by atoms with Crippen molar-refractivity contribution in [1.82, 2.24) is 9.97 Å². The first-order valence-electron chi connectivity index (χ1n) is 10.1. The lowest BCUT2D eigenvalue weighted by Gasteiger charge is -2.09. The van der Waals surface area contributed by atoms with Crippen molar-refractivity contribution in [2.45, 2.75) is 27.4 Å². The number of ether oxygens (including phenoxy) is 2. The number of rotatable bonds is 8. The van der Waals surface area contributed by atoms with Gasteiger partial charge in [0.05, 0.1) is 17.9 Å². The van der Waals surface area contributed by atoms with Gasteiger partial charge < -0.3 is 14.5 Å². The topological polar surface area (TPSA) is 105 Å². The van der Waals surface area contributed by atoms with E-state index in [4.69, 9.17) is 9.47 Å². The molecule has 2 aromatic heterocycles. The summed E-state index contributed by atoms with van der Waals surface area (Å²) < 4.78 is 11.0. The molecule has 2 heterocycles. The highest BCUT2D eigenvalue weighted by atomic mass is 16.5. The van der Waals surface area contributed by atoms with Crippen LogP contribution in [0, 0.1) is 25.2 Å². The third kappa shape index (κ3) is 4.93. The standard InChI is InChI=1S/C25H23N3O4/c1-4-31-25(30)22-16(2)23(28-17(22)3)24(29)20(13-26)12-19-9-5-6-10-21(19)32-15-18-8-7-11-27-14-18/h5-12,14,28H,4,15H2,1-3H3/b20-12+. The molecule has 0 saturated heterocycles. The van der Waals surface area contributed by atoms with Crippen molar-refractivity contribution in [2.24, 2.45) is 0 Å². The zero-order chi connectivity index (χ0) is 23.1. The lowest BCUT2D eigenvalue weighted by atomic mass is 10.0. The molecule has 162 valence electrons. The number of hydrogen-bond donors (Lipinski definition) is 1. The van der Waals surface area contributed by atoms with Crippen molar-refractivity contribution in [3.63, 3.8) is 0 Å². The monoisotopic (exact) mass is 429 g/mol. The highest BCUT2D eigenvalue weighted by Gasteiger charge is 2.25. The lowest BCUT2D eigenvalue weighted by Crippen LogP contribution is -2.08. The van der Waals surface area contributed by atoms with Gasteiger partial charge in [0.15, 0.2) is 0 Å². The second kappa shape index (κ2) is 10.2. The first-order valence-corrected chi connectivity index (χ1v) is 10.1. The van der Waals surface area contributed by atoms with Gasteiger partial charge in [0.1, 0.15) is 24.0 Å². The highest BCUT2D eigenvalue weighted by molar-refractivity contribution is 6.15. The number of Topliss-reactive ketones (excluding diaryl/α,β-unsaturated/α-hetero) is 1. The van der Waals surface area contributed by atoms with Crippen molar-refractivity contribution in [3.8, 4) is 11.8 Å². The minimum Gasteiger partial charge on any atom is -0.488 e. The summed E-state index contributed by atoms with van der Waals surface area (Å²) >= 11 is 0. The Morgan fingerprint density at radius 1 is 1.19 bits per heavy atom. The summed E-state index contributed by atoms with van der Waals surface area (Å²) in [5.41, 5.74) is 2.87. The van der Waals surface area contributed by atoms with Gasteiger partial charge in [-0.3, -0.25) is 9.78 Å². The number of esters is 1. The number of nitrogens with zero attached hydrogens (tertiary/aromatic N) is 2. The quantitative estimate of drug-likeness (QED) is 0.243. The van der Waals surface area contributed by atoms with Crippen LogP contribution in [0.15, 0.2) is 54.4 Å². The molecule has 1 aromatic carbocycles. The summed E-state index contributed by atoms with van der Waals surface area (Å²) in [6.07, 6.45) is 4.88. The molecule has 0 radical (unpaired) electrons. The van der Waals surface area contributed by atoms with Gasteiger partial charge in [0.2, 0.25) is 5.78 Å². The summed E-state index contributed by atoms with van der Waals surface area (Å²) in [4.78, 5) is 32.3. The average molecular weight is 429 g/mol. The van der Waals surface area contributed by atoms with Crippen molar-refractivity contribution < 1.29 is 19.1 Å². The average Bonchev–Trinajstić information content (AvgIpc) is 3.11. The largest absolute Gasteiger partial charge is 0.488 e. The molecule has 1 N–H and O–H groups in total. The maximum Gasteiger partial charge on any atom is 0.340 e. The van der Waals surface area contributed by atoms with Gasteiger partial charge in [-0.15, -0.1) is 0 Å². The Balaban J connectivity index is 1.90. The number of hydrogen-bond acceptors (Lipinski definition) is 6. The Bertz CT molecular complexity index is 1200. The van der Waals surface area contributed by atoms with Gasteiger partial charge in [-0.2, -0.15) is 5.26 Å². The predicted octanol–water partition coefficient (Wildman–Crippen LogP) is 4.57. The highest BCUT2D eigenvalue weighted by Crippen LogP contribution is 2.25. The molecule has 0 amide bonds. The van der Waals surface area contributed by atoms with Gasteiger partial charge in [0.25, 0.3) is 0 Å². The first kappa shape index (κ1) is 22.5. The fourth-order valence-corrected chi connectivity index (χ4v) is 3.30. The molecule has 0 spiro atoms. The molecule has 3 rings (SSSR count). The number of aromatic amines is 1. The smallest absolute Gasteiger partial charge is 0.340 e. The molecule has 0 atom stereocenters. The van der Waals surface area contributed by atoms with E-state index in [0.29, 0.717) is 34.7 Å². The van der Waals surface area contributed by atoms with Crippen LogP contribution in [0.5, 0.6) is 5.75 Å². The second-order valence-electron chi connectivity index (χ2n) is 7.03. The van der Waals surface area contributed by atoms with Crippen LogP contribution in [-0.4, -0.2) is 28.3 Å². The van der Waals surface area contributed by atoms with Crippen molar-refractivity contribution in [1.29, 1.82) is 5.26 Å². The van der Waals surface area contributed by atoms with Crippen LogP contribution in [0.2, 0.25) is 0 Å². The van der Waals surface area contributed by atoms with Crippen LogP contribution in [-0.2, 0) is 11.3 Å². The predicted molar refractivity (Wildman–Crippen MR) is 119 cm³/mol. The molecule has 0 aliphatic rings. The second-order valence-corrected chi connectivity index (χ2v) is 7.03. The van der Waals surface area contributed by atoms with Crippen molar-refractivity contribution >= 4 is 17.8 Å². The molecule has 0 aliphatic carbocycles. The summed E-state index contributed by atoms with van der Waals surface area (Å²) in [6.45, 7) is 5.58. The van der Waals surface area contributed by atoms with E-state index >= 15 is 0 Å². The minimum absolute atomic E-state index is 0.0813. The Labute approximate surface area is 186 Å². The fraction of sp³-hybridized carbons (Fsp3) is 0.200. The third-order valence-corrected chi connectivity index (χ3v) is 4.85. The summed E-state index contributed by atoms with van der Waals surface area (Å²) in [5.74, 6) is -0.483. The van der Waals surface area contributed by atoms with Crippen LogP contribution in [0.4, 0.5) is 0 Å². The number of nitrogens with one attached hydrogen (secondary N) is 1. The molecule has 0 unspecified atom stereocenters.